The summed E-state index contributed by atoms with van der Waals surface area (Å²) in [7, 11) is 0. The molecule has 0 unspecified atom stereocenters. The summed E-state index contributed by atoms with van der Waals surface area (Å²) in [5.41, 5.74) is 11.5. The first-order valence-electron chi connectivity index (χ1n) is 5.29. The molecule has 1 aromatic heterocycles. The molecule has 2 heteroatoms. The van der Waals surface area contributed by atoms with Crippen LogP contribution in [0.4, 0.5) is 5.69 Å². The van der Waals surface area contributed by atoms with E-state index in [1.165, 1.54) is 11.1 Å². The van der Waals surface area contributed by atoms with Gasteiger partial charge in [0.25, 0.3) is 0 Å². The molecule has 0 spiro atoms. The molecule has 0 bridgehead atoms. The Morgan fingerprint density at radius 1 is 1.27 bits per heavy atom. The number of aryl methyl sites for hydroxylation is 2. The Bertz CT molecular complexity index is 515. The first-order chi connectivity index (χ1) is 7.15. The normalized spacial score (nSPS) is 10.9. The molecule has 0 amide bonds. The van der Waals surface area contributed by atoms with Crippen LogP contribution in [-0.2, 0) is 6.42 Å². The highest BCUT2D eigenvalue weighted by molar-refractivity contribution is 5.93. The van der Waals surface area contributed by atoms with Gasteiger partial charge in [0, 0.05) is 16.8 Å². The first-order valence-corrected chi connectivity index (χ1v) is 5.29. The van der Waals surface area contributed by atoms with Gasteiger partial charge in [0.05, 0.1) is 5.52 Å². The molecule has 0 radical (unpaired) electrons. The Kier molecular flexibility index (Phi) is 2.35. The molecular weight excluding hydrogens is 184 g/mol. The maximum Gasteiger partial charge on any atom is 0.0755 e. The van der Waals surface area contributed by atoms with Crippen molar-refractivity contribution >= 4 is 16.6 Å². The van der Waals surface area contributed by atoms with Gasteiger partial charge in [0.1, 0.15) is 0 Å². The zero-order valence-electron chi connectivity index (χ0n) is 9.46. The van der Waals surface area contributed by atoms with Crippen molar-refractivity contribution in [2.24, 2.45) is 0 Å². The molecule has 2 rings (SSSR count). The molecule has 0 fully saturated rings. The molecule has 0 saturated carbocycles. The minimum absolute atomic E-state index is 0.892. The molecule has 1 heterocycles. The average molecular weight is 200 g/mol. The van der Waals surface area contributed by atoms with E-state index in [9.17, 15) is 0 Å². The largest absolute Gasteiger partial charge is 0.398 e. The van der Waals surface area contributed by atoms with Gasteiger partial charge in [0.2, 0.25) is 0 Å². The summed E-state index contributed by atoms with van der Waals surface area (Å²) in [6, 6.07) is 6.15. The standard InChI is InChI=1S/C13H16N2/c1-4-10-9(3)15-13-8(2)6-5-7-11(13)12(10)14/h5-7H,4H2,1-3H3,(H2,14,15). The van der Waals surface area contributed by atoms with Crippen LogP contribution in [0.5, 0.6) is 0 Å². The predicted molar refractivity (Wildman–Crippen MR) is 65.0 cm³/mol. The average Bonchev–Trinajstić information content (AvgIpc) is 2.20. The summed E-state index contributed by atoms with van der Waals surface area (Å²) in [4.78, 5) is 4.63. The number of pyridine rings is 1. The van der Waals surface area contributed by atoms with Gasteiger partial charge in [-0.25, -0.2) is 0 Å². The fourth-order valence-electron chi connectivity index (χ4n) is 2.06. The monoisotopic (exact) mass is 200 g/mol. The second kappa shape index (κ2) is 3.54. The van der Waals surface area contributed by atoms with Crippen LogP contribution in [-0.4, -0.2) is 4.98 Å². The summed E-state index contributed by atoms with van der Waals surface area (Å²) in [6.07, 6.45) is 0.939. The van der Waals surface area contributed by atoms with E-state index in [2.05, 4.69) is 24.9 Å². The third-order valence-electron chi connectivity index (χ3n) is 2.92. The van der Waals surface area contributed by atoms with Crippen LogP contribution >= 0.6 is 0 Å². The Morgan fingerprint density at radius 3 is 2.67 bits per heavy atom. The fourth-order valence-corrected chi connectivity index (χ4v) is 2.06. The third-order valence-corrected chi connectivity index (χ3v) is 2.92. The number of hydrogen-bond donors (Lipinski definition) is 1. The highest BCUT2D eigenvalue weighted by Gasteiger charge is 2.09. The lowest BCUT2D eigenvalue weighted by atomic mass is 10.0. The molecule has 78 valence electrons. The van der Waals surface area contributed by atoms with Crippen molar-refractivity contribution in [1.29, 1.82) is 0 Å². The fraction of sp³-hybridized carbons (Fsp3) is 0.308. The maximum atomic E-state index is 6.16. The molecule has 0 aliphatic heterocycles. The summed E-state index contributed by atoms with van der Waals surface area (Å²) >= 11 is 0. The van der Waals surface area contributed by atoms with E-state index in [4.69, 9.17) is 5.73 Å². The number of aromatic nitrogens is 1. The molecule has 1 aromatic carbocycles. The highest BCUT2D eigenvalue weighted by atomic mass is 14.7. The lowest BCUT2D eigenvalue weighted by Gasteiger charge is -2.11. The number of nitrogen functional groups attached to an aromatic ring is 1. The molecule has 15 heavy (non-hydrogen) atoms. The number of nitrogens with zero attached hydrogens (tertiary/aromatic N) is 1. The van der Waals surface area contributed by atoms with Gasteiger partial charge in [-0.3, -0.25) is 4.98 Å². The molecule has 2 nitrogen and oxygen atoms in total. The van der Waals surface area contributed by atoms with E-state index in [0.29, 0.717) is 0 Å². The molecular formula is C13H16N2. The van der Waals surface area contributed by atoms with Gasteiger partial charge >= 0.3 is 0 Å². The zero-order valence-corrected chi connectivity index (χ0v) is 9.46. The molecule has 2 N–H and O–H groups in total. The van der Waals surface area contributed by atoms with Crippen LogP contribution < -0.4 is 5.73 Å². The molecule has 2 aromatic rings. The maximum absolute atomic E-state index is 6.16. The summed E-state index contributed by atoms with van der Waals surface area (Å²) < 4.78 is 0. The second-order valence-electron chi connectivity index (χ2n) is 3.91. The van der Waals surface area contributed by atoms with Crippen LogP contribution in [0.1, 0.15) is 23.7 Å². The number of anilines is 1. The Balaban J connectivity index is 2.91. The zero-order chi connectivity index (χ0) is 11.0. The van der Waals surface area contributed by atoms with Crippen molar-refractivity contribution in [3.05, 3.63) is 35.0 Å². The highest BCUT2D eigenvalue weighted by Crippen LogP contribution is 2.27. The van der Waals surface area contributed by atoms with E-state index in [1.54, 1.807) is 0 Å². The Morgan fingerprint density at radius 2 is 2.00 bits per heavy atom. The van der Waals surface area contributed by atoms with Gasteiger partial charge in [-0.2, -0.15) is 0 Å². The van der Waals surface area contributed by atoms with Crippen LogP contribution in [0.25, 0.3) is 10.9 Å². The van der Waals surface area contributed by atoms with Crippen LogP contribution in [0, 0.1) is 13.8 Å². The minimum Gasteiger partial charge on any atom is -0.398 e. The van der Waals surface area contributed by atoms with Crippen molar-refractivity contribution in [3.63, 3.8) is 0 Å². The lowest BCUT2D eigenvalue weighted by molar-refractivity contribution is 1.07. The third kappa shape index (κ3) is 1.46. The second-order valence-corrected chi connectivity index (χ2v) is 3.91. The summed E-state index contributed by atoms with van der Waals surface area (Å²) in [5.74, 6) is 0. The molecule has 0 saturated heterocycles. The first kappa shape index (κ1) is 9.97. The van der Waals surface area contributed by atoms with Crippen molar-refractivity contribution in [2.45, 2.75) is 27.2 Å². The topological polar surface area (TPSA) is 38.9 Å². The number of nitrogens with two attached hydrogens (primary N) is 1. The van der Waals surface area contributed by atoms with E-state index < -0.39 is 0 Å². The van der Waals surface area contributed by atoms with E-state index in [1.807, 2.05) is 19.1 Å². The van der Waals surface area contributed by atoms with Gasteiger partial charge in [-0.15, -0.1) is 0 Å². The SMILES string of the molecule is CCc1c(C)nc2c(C)cccc2c1N. The predicted octanol–water partition coefficient (Wildman–Crippen LogP) is 3.00. The quantitative estimate of drug-likeness (QED) is 0.768. The van der Waals surface area contributed by atoms with Gasteiger partial charge in [-0.05, 0) is 31.4 Å². The Hall–Kier alpha value is -1.57. The molecule has 0 aliphatic carbocycles. The lowest BCUT2D eigenvalue weighted by Crippen LogP contribution is -2.01. The van der Waals surface area contributed by atoms with Gasteiger partial charge < -0.3 is 5.73 Å². The van der Waals surface area contributed by atoms with E-state index in [-0.39, 0.29) is 0 Å². The van der Waals surface area contributed by atoms with E-state index in [0.717, 1.165) is 28.7 Å². The Labute approximate surface area is 90.1 Å². The molecule has 0 atom stereocenters. The number of benzene rings is 1. The number of hydrogen-bond acceptors (Lipinski definition) is 2. The van der Waals surface area contributed by atoms with Crippen LogP contribution in [0.15, 0.2) is 18.2 Å². The van der Waals surface area contributed by atoms with Crippen molar-refractivity contribution in [1.82, 2.24) is 4.98 Å². The molecule has 0 aliphatic rings. The minimum atomic E-state index is 0.892. The van der Waals surface area contributed by atoms with Crippen LogP contribution in [0.3, 0.4) is 0 Å². The van der Waals surface area contributed by atoms with Crippen LogP contribution in [0.2, 0.25) is 0 Å². The number of fused-ring (bicyclic) bond motifs is 1. The number of rotatable bonds is 1. The number of para-hydroxylation sites is 1. The van der Waals surface area contributed by atoms with Crippen molar-refractivity contribution in [2.75, 3.05) is 5.73 Å². The summed E-state index contributed by atoms with van der Waals surface area (Å²) in [5, 5.41) is 1.08. The van der Waals surface area contributed by atoms with Gasteiger partial charge in [-0.1, -0.05) is 25.1 Å². The van der Waals surface area contributed by atoms with E-state index >= 15 is 0 Å². The van der Waals surface area contributed by atoms with Crippen molar-refractivity contribution in [3.8, 4) is 0 Å². The smallest absolute Gasteiger partial charge is 0.0755 e. The summed E-state index contributed by atoms with van der Waals surface area (Å²) in [6.45, 7) is 6.21. The van der Waals surface area contributed by atoms with Crippen molar-refractivity contribution < 1.29 is 0 Å². The van der Waals surface area contributed by atoms with Gasteiger partial charge in [0.15, 0.2) is 0 Å².